The lowest BCUT2D eigenvalue weighted by atomic mass is 10.4. The fourth-order valence-corrected chi connectivity index (χ4v) is 5.77. The van der Waals surface area contributed by atoms with Crippen LogP contribution in [0.5, 0.6) is 0 Å². The van der Waals surface area contributed by atoms with E-state index in [1.54, 1.807) is 0 Å². The average Bonchev–Trinajstić information content (AvgIpc) is 2.22. The Kier molecular flexibility index (Phi) is 8.33. The van der Waals surface area contributed by atoms with Gasteiger partial charge in [-0.2, -0.15) is 0 Å². The van der Waals surface area contributed by atoms with Gasteiger partial charge in [-0.3, -0.25) is 0 Å². The Labute approximate surface area is 98.5 Å². The third kappa shape index (κ3) is 7.34. The van der Waals surface area contributed by atoms with Crippen LogP contribution >= 0.6 is 45.1 Å². The summed E-state index contributed by atoms with van der Waals surface area (Å²) in [7, 11) is 4.02. The van der Waals surface area contributed by atoms with E-state index in [1.807, 2.05) is 21.6 Å². The first-order chi connectivity index (χ1) is 6.39. The van der Waals surface area contributed by atoms with Gasteiger partial charge in [-0.1, -0.05) is 21.6 Å². The quantitative estimate of drug-likeness (QED) is 0.589. The molecule has 0 unspecified atom stereocenters. The molecule has 2 saturated heterocycles. The molecule has 0 aromatic rings. The van der Waals surface area contributed by atoms with Crippen molar-refractivity contribution < 1.29 is 0 Å². The van der Waals surface area contributed by atoms with Gasteiger partial charge in [-0.05, 0) is 37.7 Å². The fourth-order valence-electron chi connectivity index (χ4n) is 1.05. The summed E-state index contributed by atoms with van der Waals surface area (Å²) in [5.74, 6) is 5.53. The van der Waals surface area contributed by atoms with Crippen molar-refractivity contribution in [3.8, 4) is 0 Å². The minimum Gasteiger partial charge on any atom is -0.148 e. The predicted molar refractivity (Wildman–Crippen MR) is 73.1 cm³/mol. The molecule has 0 aliphatic carbocycles. The number of hydrogen-bond acceptors (Lipinski definition) is 4. The molecule has 0 spiro atoms. The number of thioether (sulfide) groups is 2. The van der Waals surface area contributed by atoms with Crippen molar-refractivity contribution in [2.24, 2.45) is 0 Å². The fraction of sp³-hybridized carbons (Fsp3) is 1.00. The van der Waals surface area contributed by atoms with Crippen molar-refractivity contribution in [1.82, 2.24) is 0 Å². The molecule has 78 valence electrons. The lowest BCUT2D eigenvalue weighted by Gasteiger charge is -2.15. The zero-order valence-corrected chi connectivity index (χ0v) is 11.4. The van der Waals surface area contributed by atoms with Crippen molar-refractivity contribution in [2.45, 2.75) is 30.8 Å². The van der Waals surface area contributed by atoms with E-state index in [0.717, 1.165) is 4.58 Å². The Morgan fingerprint density at radius 3 is 1.54 bits per heavy atom. The van der Waals surface area contributed by atoms with E-state index in [1.165, 1.54) is 42.3 Å². The molecule has 2 aliphatic rings. The summed E-state index contributed by atoms with van der Waals surface area (Å²) in [6.45, 7) is 2.29. The molecule has 2 fully saturated rings. The minimum absolute atomic E-state index is 0.869. The van der Waals surface area contributed by atoms with E-state index in [2.05, 4.69) is 30.4 Å². The molecule has 0 N–H and O–H groups in total. The van der Waals surface area contributed by atoms with Gasteiger partial charge in [0.25, 0.3) is 0 Å². The first-order valence-corrected chi connectivity index (χ1v) is 9.46. The van der Waals surface area contributed by atoms with Gasteiger partial charge in [-0.25, -0.2) is 0 Å². The Morgan fingerprint density at radius 2 is 1.31 bits per heavy atom. The molecular formula is C9H18S4. The van der Waals surface area contributed by atoms with Gasteiger partial charge in [0.05, 0.1) is 0 Å². The smallest absolute Gasteiger partial charge is 0.0474 e. The van der Waals surface area contributed by atoms with Crippen LogP contribution in [-0.4, -0.2) is 27.6 Å². The van der Waals surface area contributed by atoms with Crippen molar-refractivity contribution in [3.63, 3.8) is 0 Å². The molecule has 0 nitrogen and oxygen atoms in total. The number of hydrogen-bond donors (Lipinski definition) is 0. The van der Waals surface area contributed by atoms with Crippen LogP contribution in [0.25, 0.3) is 0 Å². The monoisotopic (exact) mass is 254 g/mol. The van der Waals surface area contributed by atoms with Crippen molar-refractivity contribution in [2.75, 3.05) is 23.0 Å². The second-order valence-electron chi connectivity index (χ2n) is 3.01. The predicted octanol–water partition coefficient (Wildman–Crippen LogP) is 4.36. The van der Waals surface area contributed by atoms with Gasteiger partial charge >= 0.3 is 0 Å². The van der Waals surface area contributed by atoms with E-state index >= 15 is 0 Å². The lowest BCUT2D eigenvalue weighted by molar-refractivity contribution is 0.906. The maximum Gasteiger partial charge on any atom is 0.0474 e. The summed E-state index contributed by atoms with van der Waals surface area (Å²) < 4.78 is 0.869. The average molecular weight is 255 g/mol. The molecule has 2 aliphatic heterocycles. The maximum absolute atomic E-state index is 2.29. The van der Waals surface area contributed by atoms with Gasteiger partial charge in [0.2, 0.25) is 0 Å². The SMILES string of the molecule is C1CCSSC1.CC1SCCCS1. The lowest BCUT2D eigenvalue weighted by Crippen LogP contribution is -2.00. The first kappa shape index (κ1) is 12.5. The van der Waals surface area contributed by atoms with E-state index in [9.17, 15) is 0 Å². The van der Waals surface area contributed by atoms with E-state index < -0.39 is 0 Å². The zero-order valence-electron chi connectivity index (χ0n) is 8.16. The van der Waals surface area contributed by atoms with Crippen LogP contribution in [0.4, 0.5) is 0 Å². The summed E-state index contributed by atoms with van der Waals surface area (Å²) in [6.07, 6.45) is 4.30. The molecule has 2 heterocycles. The largest absolute Gasteiger partial charge is 0.148 e. The van der Waals surface area contributed by atoms with Crippen LogP contribution < -0.4 is 0 Å². The molecule has 0 bridgehead atoms. The van der Waals surface area contributed by atoms with Crippen LogP contribution in [0.3, 0.4) is 0 Å². The van der Waals surface area contributed by atoms with Crippen LogP contribution in [0.1, 0.15) is 26.2 Å². The molecule has 0 atom stereocenters. The Morgan fingerprint density at radius 1 is 0.769 bits per heavy atom. The van der Waals surface area contributed by atoms with Gasteiger partial charge in [-0.15, -0.1) is 23.5 Å². The van der Waals surface area contributed by atoms with Gasteiger partial charge < -0.3 is 0 Å². The highest BCUT2D eigenvalue weighted by atomic mass is 33.1. The highest BCUT2D eigenvalue weighted by Gasteiger charge is 2.06. The second kappa shape index (κ2) is 8.69. The summed E-state index contributed by atoms with van der Waals surface area (Å²) in [6, 6.07) is 0. The van der Waals surface area contributed by atoms with Gasteiger partial charge in [0.1, 0.15) is 0 Å². The third-order valence-electron chi connectivity index (χ3n) is 1.78. The van der Waals surface area contributed by atoms with Crippen LogP contribution in [0, 0.1) is 0 Å². The molecule has 0 saturated carbocycles. The Balaban J connectivity index is 0.000000132. The topological polar surface area (TPSA) is 0 Å². The molecule has 0 aromatic carbocycles. The molecule has 0 amide bonds. The van der Waals surface area contributed by atoms with Crippen LogP contribution in [0.15, 0.2) is 0 Å². The maximum atomic E-state index is 2.29. The minimum atomic E-state index is 0.869. The normalized spacial score (nSPS) is 24.7. The van der Waals surface area contributed by atoms with Crippen molar-refractivity contribution in [1.29, 1.82) is 0 Å². The van der Waals surface area contributed by atoms with E-state index in [0.29, 0.717) is 0 Å². The van der Waals surface area contributed by atoms with Gasteiger partial charge in [0.15, 0.2) is 0 Å². The molecule has 0 aromatic heterocycles. The van der Waals surface area contributed by atoms with E-state index in [-0.39, 0.29) is 0 Å². The summed E-state index contributed by atoms with van der Waals surface area (Å²) in [5.41, 5.74) is 0. The van der Waals surface area contributed by atoms with Crippen molar-refractivity contribution >= 4 is 45.1 Å². The summed E-state index contributed by atoms with van der Waals surface area (Å²) in [5, 5.41) is 0. The molecule has 0 radical (unpaired) electrons. The van der Waals surface area contributed by atoms with Crippen LogP contribution in [-0.2, 0) is 0 Å². The number of rotatable bonds is 0. The van der Waals surface area contributed by atoms with Crippen molar-refractivity contribution in [3.05, 3.63) is 0 Å². The Bertz CT molecular complexity index is 96.7. The van der Waals surface area contributed by atoms with E-state index in [4.69, 9.17) is 0 Å². The molecular weight excluding hydrogens is 236 g/mol. The molecule has 4 heteroatoms. The Hall–Kier alpha value is 1.40. The molecule has 13 heavy (non-hydrogen) atoms. The van der Waals surface area contributed by atoms with Gasteiger partial charge in [0, 0.05) is 16.1 Å². The highest BCUT2D eigenvalue weighted by molar-refractivity contribution is 8.76. The summed E-state index contributed by atoms with van der Waals surface area (Å²) in [4.78, 5) is 0. The third-order valence-corrected chi connectivity index (χ3v) is 7.16. The first-order valence-electron chi connectivity index (χ1n) is 4.87. The highest BCUT2D eigenvalue weighted by Crippen LogP contribution is 2.29. The van der Waals surface area contributed by atoms with Crippen LogP contribution in [0.2, 0.25) is 0 Å². The molecule has 2 rings (SSSR count). The second-order valence-corrected chi connectivity index (χ2v) is 8.91. The standard InChI is InChI=1S/C5H10S2.C4H8S2/c1-5-6-3-2-4-7-5;1-2-4-6-5-3-1/h5H,2-4H2,1H3;1-4H2. The summed E-state index contributed by atoms with van der Waals surface area (Å²) >= 11 is 4.16. The zero-order chi connectivity index (χ0) is 9.36.